The molecule has 2 heterocycles. The van der Waals surface area contributed by atoms with Gasteiger partial charge in [0.1, 0.15) is 0 Å². The largest absolute Gasteiger partial charge is 0.338 e. The van der Waals surface area contributed by atoms with Gasteiger partial charge in [0, 0.05) is 25.7 Å². The molecule has 0 aromatic heterocycles. The molecule has 23 heavy (non-hydrogen) atoms. The Hall–Kier alpha value is -0.810. The van der Waals surface area contributed by atoms with Crippen LogP contribution in [0.2, 0.25) is 0 Å². The van der Waals surface area contributed by atoms with E-state index >= 15 is 0 Å². The van der Waals surface area contributed by atoms with Gasteiger partial charge in [0.25, 0.3) is 0 Å². The van der Waals surface area contributed by atoms with Crippen LogP contribution in [0.4, 0.5) is 4.79 Å². The lowest BCUT2D eigenvalue weighted by Gasteiger charge is -2.34. The summed E-state index contributed by atoms with van der Waals surface area (Å²) in [6.07, 6.45) is 5.74. The Kier molecular flexibility index (Phi) is 7.63. The topological polar surface area (TPSA) is 47.6 Å². The molecule has 0 aromatic carbocycles. The first-order valence-corrected chi connectivity index (χ1v) is 9.48. The van der Waals surface area contributed by atoms with Crippen LogP contribution in [0.15, 0.2) is 0 Å². The highest BCUT2D eigenvalue weighted by atomic mass is 16.2. The summed E-state index contributed by atoms with van der Waals surface area (Å²) in [5.74, 6) is 1.66. The fourth-order valence-electron chi connectivity index (χ4n) is 4.03. The first-order valence-electron chi connectivity index (χ1n) is 9.48. The minimum atomic E-state index is 0.0137. The van der Waals surface area contributed by atoms with Crippen molar-refractivity contribution in [3.8, 4) is 0 Å². The van der Waals surface area contributed by atoms with Crippen molar-refractivity contribution >= 4 is 6.03 Å². The molecular weight excluding hydrogens is 288 g/mol. The Morgan fingerprint density at radius 2 is 1.74 bits per heavy atom. The van der Waals surface area contributed by atoms with Gasteiger partial charge < -0.3 is 20.4 Å². The average molecular weight is 325 g/mol. The third-order valence-corrected chi connectivity index (χ3v) is 5.18. The molecule has 5 nitrogen and oxygen atoms in total. The van der Waals surface area contributed by atoms with Gasteiger partial charge in [-0.25, -0.2) is 4.79 Å². The van der Waals surface area contributed by atoms with E-state index in [1.807, 2.05) is 0 Å². The summed E-state index contributed by atoms with van der Waals surface area (Å²) in [7, 11) is 2.14. The van der Waals surface area contributed by atoms with E-state index in [2.05, 4.69) is 41.3 Å². The summed E-state index contributed by atoms with van der Waals surface area (Å²) in [6, 6.07) is 0.363. The molecule has 2 aliphatic rings. The van der Waals surface area contributed by atoms with Crippen LogP contribution in [0.3, 0.4) is 0 Å². The Morgan fingerprint density at radius 3 is 2.39 bits per heavy atom. The zero-order valence-corrected chi connectivity index (χ0v) is 15.3. The lowest BCUT2D eigenvalue weighted by molar-refractivity contribution is 0.139. The molecule has 0 radical (unpaired) electrons. The van der Waals surface area contributed by atoms with Crippen molar-refractivity contribution in [2.45, 2.75) is 52.0 Å². The van der Waals surface area contributed by atoms with Crippen molar-refractivity contribution in [2.24, 2.45) is 11.8 Å². The van der Waals surface area contributed by atoms with Crippen molar-refractivity contribution in [3.63, 3.8) is 0 Å². The predicted molar refractivity (Wildman–Crippen MR) is 95.7 cm³/mol. The number of carbonyl (C=O) groups is 1. The quantitative estimate of drug-likeness (QED) is 0.736. The highest BCUT2D eigenvalue weighted by molar-refractivity contribution is 5.74. The van der Waals surface area contributed by atoms with Crippen LogP contribution in [-0.2, 0) is 0 Å². The number of piperidine rings is 2. The Bertz CT molecular complexity index is 345. The molecule has 0 saturated carbocycles. The van der Waals surface area contributed by atoms with Crippen LogP contribution in [0.25, 0.3) is 0 Å². The first-order chi connectivity index (χ1) is 11.0. The summed E-state index contributed by atoms with van der Waals surface area (Å²) in [5, 5.41) is 6.12. The van der Waals surface area contributed by atoms with Crippen molar-refractivity contribution in [2.75, 3.05) is 46.3 Å². The molecule has 2 aliphatic heterocycles. The molecule has 2 N–H and O–H groups in total. The molecule has 0 spiro atoms. The van der Waals surface area contributed by atoms with Crippen LogP contribution < -0.4 is 10.6 Å². The number of carbonyl (C=O) groups excluding carboxylic acids is 1. The van der Waals surface area contributed by atoms with E-state index in [0.717, 1.165) is 50.7 Å². The van der Waals surface area contributed by atoms with E-state index in [4.69, 9.17) is 0 Å². The van der Waals surface area contributed by atoms with Crippen LogP contribution >= 0.6 is 0 Å². The first kappa shape index (κ1) is 18.5. The van der Waals surface area contributed by atoms with Gasteiger partial charge in [0.2, 0.25) is 0 Å². The van der Waals surface area contributed by atoms with Crippen LogP contribution in [0, 0.1) is 11.8 Å². The van der Waals surface area contributed by atoms with Gasteiger partial charge in [-0.2, -0.15) is 0 Å². The van der Waals surface area contributed by atoms with Crippen LogP contribution in [0.5, 0.6) is 0 Å². The number of amides is 2. The number of nitrogens with zero attached hydrogens (tertiary/aromatic N) is 2. The highest BCUT2D eigenvalue weighted by Crippen LogP contribution is 2.20. The molecule has 0 bridgehead atoms. The lowest BCUT2D eigenvalue weighted by Crippen LogP contribution is -2.47. The Labute approximate surface area is 142 Å². The number of rotatable bonds is 6. The average Bonchev–Trinajstić information content (AvgIpc) is 2.48. The molecule has 0 aromatic rings. The van der Waals surface area contributed by atoms with Crippen molar-refractivity contribution < 1.29 is 4.79 Å². The smallest absolute Gasteiger partial charge is 0.315 e. The second-order valence-corrected chi connectivity index (χ2v) is 7.89. The second kappa shape index (κ2) is 9.48. The number of nitrogens with one attached hydrogen (secondary N) is 2. The third-order valence-electron chi connectivity index (χ3n) is 5.18. The minimum absolute atomic E-state index is 0.0137. The number of hydrogen-bond donors (Lipinski definition) is 2. The Balaban J connectivity index is 1.49. The minimum Gasteiger partial charge on any atom is -0.338 e. The van der Waals surface area contributed by atoms with Gasteiger partial charge in [-0.1, -0.05) is 13.8 Å². The van der Waals surface area contributed by atoms with E-state index in [0.29, 0.717) is 6.04 Å². The number of hydrogen-bond acceptors (Lipinski definition) is 3. The summed E-state index contributed by atoms with van der Waals surface area (Å²) in [4.78, 5) is 16.8. The number of unbranched alkanes of at least 4 members (excludes halogenated alkanes) is 1. The maximum Gasteiger partial charge on any atom is 0.315 e. The molecule has 2 fully saturated rings. The number of likely N-dealkylation sites (tertiary alicyclic amines) is 2. The lowest BCUT2D eigenvalue weighted by atomic mass is 9.92. The maximum atomic E-state index is 11.9. The van der Waals surface area contributed by atoms with Gasteiger partial charge in [-0.05, 0) is 70.6 Å². The fourth-order valence-corrected chi connectivity index (χ4v) is 4.03. The summed E-state index contributed by atoms with van der Waals surface area (Å²) >= 11 is 0. The summed E-state index contributed by atoms with van der Waals surface area (Å²) in [6.45, 7) is 11.3. The fraction of sp³-hybridized carbons (Fsp3) is 0.944. The SMILES string of the molecule is CC1CC(C)CN(CCCCNC(=O)NC2CCN(C)CC2)C1. The van der Waals surface area contributed by atoms with Gasteiger partial charge in [-0.3, -0.25) is 0 Å². The summed E-state index contributed by atoms with van der Waals surface area (Å²) < 4.78 is 0. The summed E-state index contributed by atoms with van der Waals surface area (Å²) in [5.41, 5.74) is 0. The zero-order valence-electron chi connectivity index (χ0n) is 15.3. The van der Waals surface area contributed by atoms with E-state index in [9.17, 15) is 4.79 Å². The molecule has 2 unspecified atom stereocenters. The molecule has 0 aliphatic carbocycles. The molecule has 5 heteroatoms. The van der Waals surface area contributed by atoms with Gasteiger partial charge >= 0.3 is 6.03 Å². The van der Waals surface area contributed by atoms with Crippen molar-refractivity contribution in [1.82, 2.24) is 20.4 Å². The highest BCUT2D eigenvalue weighted by Gasteiger charge is 2.21. The van der Waals surface area contributed by atoms with Crippen molar-refractivity contribution in [3.05, 3.63) is 0 Å². The van der Waals surface area contributed by atoms with Crippen LogP contribution in [0.1, 0.15) is 46.0 Å². The normalized spacial score (nSPS) is 27.8. The van der Waals surface area contributed by atoms with Gasteiger partial charge in [0.15, 0.2) is 0 Å². The maximum absolute atomic E-state index is 11.9. The molecule has 134 valence electrons. The van der Waals surface area contributed by atoms with E-state index < -0.39 is 0 Å². The van der Waals surface area contributed by atoms with Crippen molar-refractivity contribution in [1.29, 1.82) is 0 Å². The van der Waals surface area contributed by atoms with E-state index in [1.54, 1.807) is 0 Å². The molecule has 2 saturated heterocycles. The molecule has 2 amide bonds. The van der Waals surface area contributed by atoms with Gasteiger partial charge in [-0.15, -0.1) is 0 Å². The standard InChI is InChI=1S/C18H36N4O/c1-15-12-16(2)14-22(13-15)9-5-4-8-19-18(23)20-17-6-10-21(3)11-7-17/h15-17H,4-14H2,1-3H3,(H2,19,20,23). The number of urea groups is 1. The predicted octanol–water partition coefficient (Wildman–Crippen LogP) is 2.14. The third kappa shape index (κ3) is 7.08. The molecule has 2 atom stereocenters. The zero-order chi connectivity index (χ0) is 16.7. The van der Waals surface area contributed by atoms with Gasteiger partial charge in [0.05, 0.1) is 0 Å². The molecular formula is C18H36N4O. The second-order valence-electron chi connectivity index (χ2n) is 7.89. The van der Waals surface area contributed by atoms with E-state index in [-0.39, 0.29) is 6.03 Å². The van der Waals surface area contributed by atoms with E-state index in [1.165, 1.54) is 32.5 Å². The monoisotopic (exact) mass is 324 g/mol. The van der Waals surface area contributed by atoms with Crippen LogP contribution in [-0.4, -0.2) is 68.2 Å². The Morgan fingerprint density at radius 1 is 1.09 bits per heavy atom. The molecule has 2 rings (SSSR count).